The summed E-state index contributed by atoms with van der Waals surface area (Å²) in [5, 5.41) is 9.06. The molecule has 1 aliphatic rings. The van der Waals surface area contributed by atoms with Crippen LogP contribution in [0.2, 0.25) is 0 Å². The van der Waals surface area contributed by atoms with Crippen LogP contribution in [-0.4, -0.2) is 19.0 Å². The Kier molecular flexibility index (Phi) is 3.77. The molecule has 0 aliphatic carbocycles. The van der Waals surface area contributed by atoms with Crippen LogP contribution in [0.25, 0.3) is 0 Å². The molecule has 5 heteroatoms. The van der Waals surface area contributed by atoms with Crippen molar-refractivity contribution in [2.24, 2.45) is 5.92 Å². The first-order valence-corrected chi connectivity index (χ1v) is 6.68. The maximum Gasteiger partial charge on any atom is 0.229 e. The molecule has 2 N–H and O–H groups in total. The van der Waals surface area contributed by atoms with Gasteiger partial charge in [-0.05, 0) is 41.4 Å². The van der Waals surface area contributed by atoms with Crippen LogP contribution in [0.3, 0.4) is 0 Å². The SMILES string of the molecule is O=C(Nc1cc(Br)cs1)C1CCCNC1. The Hall–Kier alpha value is -0.390. The maximum atomic E-state index is 11.8. The summed E-state index contributed by atoms with van der Waals surface area (Å²) in [4.78, 5) is 11.8. The summed E-state index contributed by atoms with van der Waals surface area (Å²) in [5.74, 6) is 0.260. The van der Waals surface area contributed by atoms with Crippen LogP contribution >= 0.6 is 27.3 Å². The van der Waals surface area contributed by atoms with Gasteiger partial charge in [0.25, 0.3) is 0 Å². The van der Waals surface area contributed by atoms with Gasteiger partial charge in [0.05, 0.1) is 10.9 Å². The van der Waals surface area contributed by atoms with E-state index in [1.54, 1.807) is 11.3 Å². The van der Waals surface area contributed by atoms with Crippen LogP contribution in [0, 0.1) is 5.92 Å². The fourth-order valence-electron chi connectivity index (χ4n) is 1.68. The number of amides is 1. The first-order chi connectivity index (χ1) is 7.25. The lowest BCUT2D eigenvalue weighted by atomic mass is 9.99. The average Bonchev–Trinajstić information content (AvgIpc) is 2.65. The molecule has 82 valence electrons. The second-order valence-electron chi connectivity index (χ2n) is 3.66. The summed E-state index contributed by atoms with van der Waals surface area (Å²) in [7, 11) is 0. The number of thiophene rings is 1. The van der Waals surface area contributed by atoms with Gasteiger partial charge in [-0.1, -0.05) is 0 Å². The van der Waals surface area contributed by atoms with Gasteiger partial charge in [-0.3, -0.25) is 4.79 Å². The van der Waals surface area contributed by atoms with E-state index in [4.69, 9.17) is 0 Å². The molecule has 1 aromatic rings. The van der Waals surface area contributed by atoms with Crippen molar-refractivity contribution in [1.82, 2.24) is 5.32 Å². The molecule has 0 radical (unpaired) electrons. The van der Waals surface area contributed by atoms with E-state index in [1.165, 1.54) is 0 Å². The monoisotopic (exact) mass is 288 g/mol. The fourth-order valence-corrected chi connectivity index (χ4v) is 3.00. The van der Waals surface area contributed by atoms with Crippen molar-refractivity contribution in [1.29, 1.82) is 0 Å². The smallest absolute Gasteiger partial charge is 0.229 e. The van der Waals surface area contributed by atoms with Gasteiger partial charge in [-0.15, -0.1) is 11.3 Å². The molecule has 1 aromatic heterocycles. The second-order valence-corrected chi connectivity index (χ2v) is 5.49. The highest BCUT2D eigenvalue weighted by molar-refractivity contribution is 9.10. The number of nitrogens with one attached hydrogen (secondary N) is 2. The van der Waals surface area contributed by atoms with E-state index in [1.807, 2.05) is 11.4 Å². The quantitative estimate of drug-likeness (QED) is 0.878. The summed E-state index contributed by atoms with van der Waals surface area (Å²) in [5.41, 5.74) is 0. The molecule has 3 nitrogen and oxygen atoms in total. The minimum atomic E-state index is 0.125. The highest BCUT2D eigenvalue weighted by atomic mass is 79.9. The number of carbonyl (C=O) groups is 1. The number of hydrogen-bond acceptors (Lipinski definition) is 3. The van der Waals surface area contributed by atoms with Crippen molar-refractivity contribution >= 4 is 38.2 Å². The Labute approximate surface area is 101 Å². The molecule has 0 aromatic carbocycles. The van der Waals surface area contributed by atoms with Crippen LogP contribution in [0.5, 0.6) is 0 Å². The summed E-state index contributed by atoms with van der Waals surface area (Å²) in [6, 6.07) is 1.93. The van der Waals surface area contributed by atoms with E-state index < -0.39 is 0 Å². The van der Waals surface area contributed by atoms with Gasteiger partial charge in [-0.25, -0.2) is 0 Å². The largest absolute Gasteiger partial charge is 0.317 e. The summed E-state index contributed by atoms with van der Waals surface area (Å²) in [6.07, 6.45) is 2.08. The van der Waals surface area contributed by atoms with E-state index in [0.717, 1.165) is 35.4 Å². The van der Waals surface area contributed by atoms with Gasteiger partial charge in [0, 0.05) is 16.4 Å². The third-order valence-corrected chi connectivity index (χ3v) is 4.09. The fraction of sp³-hybridized carbons (Fsp3) is 0.500. The maximum absolute atomic E-state index is 11.8. The van der Waals surface area contributed by atoms with Crippen molar-refractivity contribution in [3.8, 4) is 0 Å². The van der Waals surface area contributed by atoms with Crippen molar-refractivity contribution < 1.29 is 4.79 Å². The van der Waals surface area contributed by atoms with E-state index in [2.05, 4.69) is 26.6 Å². The van der Waals surface area contributed by atoms with E-state index in [9.17, 15) is 4.79 Å². The number of anilines is 1. The molecule has 1 saturated heterocycles. The highest BCUT2D eigenvalue weighted by Crippen LogP contribution is 2.25. The van der Waals surface area contributed by atoms with Crippen molar-refractivity contribution in [2.45, 2.75) is 12.8 Å². The van der Waals surface area contributed by atoms with Crippen molar-refractivity contribution in [3.63, 3.8) is 0 Å². The molecule has 1 aliphatic heterocycles. The van der Waals surface area contributed by atoms with Crippen LogP contribution in [0.1, 0.15) is 12.8 Å². The number of rotatable bonds is 2. The zero-order chi connectivity index (χ0) is 10.7. The van der Waals surface area contributed by atoms with Gasteiger partial charge in [0.2, 0.25) is 5.91 Å². The third kappa shape index (κ3) is 3.03. The lowest BCUT2D eigenvalue weighted by Crippen LogP contribution is -2.37. The van der Waals surface area contributed by atoms with Gasteiger partial charge in [0.15, 0.2) is 0 Å². The molecule has 1 fully saturated rings. The van der Waals surface area contributed by atoms with Crippen LogP contribution in [0.15, 0.2) is 15.9 Å². The summed E-state index contributed by atoms with van der Waals surface area (Å²) < 4.78 is 1.02. The number of piperidine rings is 1. The average molecular weight is 289 g/mol. The summed E-state index contributed by atoms with van der Waals surface area (Å²) >= 11 is 4.91. The normalized spacial score (nSPS) is 21.3. The predicted molar refractivity (Wildman–Crippen MR) is 66.2 cm³/mol. The zero-order valence-corrected chi connectivity index (χ0v) is 10.7. The first kappa shape index (κ1) is 11.1. The number of hydrogen-bond donors (Lipinski definition) is 2. The van der Waals surface area contributed by atoms with Gasteiger partial charge < -0.3 is 10.6 Å². The minimum Gasteiger partial charge on any atom is -0.317 e. The second kappa shape index (κ2) is 5.09. The molecular weight excluding hydrogens is 276 g/mol. The lowest BCUT2D eigenvalue weighted by Gasteiger charge is -2.21. The molecule has 0 saturated carbocycles. The zero-order valence-electron chi connectivity index (χ0n) is 8.25. The lowest BCUT2D eigenvalue weighted by molar-refractivity contribution is -0.120. The highest BCUT2D eigenvalue weighted by Gasteiger charge is 2.20. The third-order valence-electron chi connectivity index (χ3n) is 2.48. The minimum absolute atomic E-state index is 0.125. The molecular formula is C10H13BrN2OS. The van der Waals surface area contributed by atoms with Crippen LogP contribution < -0.4 is 10.6 Å². The van der Waals surface area contributed by atoms with Gasteiger partial charge in [0.1, 0.15) is 0 Å². The molecule has 2 heterocycles. The molecule has 15 heavy (non-hydrogen) atoms. The topological polar surface area (TPSA) is 41.1 Å². The van der Waals surface area contributed by atoms with E-state index in [0.29, 0.717) is 0 Å². The molecule has 2 rings (SSSR count). The van der Waals surface area contributed by atoms with Gasteiger partial charge in [-0.2, -0.15) is 0 Å². The Balaban J connectivity index is 1.91. The Morgan fingerprint density at radius 1 is 1.67 bits per heavy atom. The van der Waals surface area contributed by atoms with Crippen LogP contribution in [0.4, 0.5) is 5.00 Å². The Bertz CT molecular complexity index is 347. The molecule has 1 atom stereocenters. The summed E-state index contributed by atoms with van der Waals surface area (Å²) in [6.45, 7) is 1.84. The van der Waals surface area contributed by atoms with Gasteiger partial charge >= 0.3 is 0 Å². The van der Waals surface area contributed by atoms with E-state index in [-0.39, 0.29) is 11.8 Å². The molecule has 1 amide bonds. The standard InChI is InChI=1S/C10H13BrN2OS/c11-8-4-9(15-6-8)13-10(14)7-2-1-3-12-5-7/h4,6-7,12H,1-3,5H2,(H,13,14). The molecule has 1 unspecified atom stereocenters. The van der Waals surface area contributed by atoms with Crippen molar-refractivity contribution in [3.05, 3.63) is 15.9 Å². The number of halogens is 1. The predicted octanol–water partition coefficient (Wildman–Crippen LogP) is 2.45. The Morgan fingerprint density at radius 3 is 3.13 bits per heavy atom. The van der Waals surface area contributed by atoms with E-state index >= 15 is 0 Å². The molecule has 0 spiro atoms. The molecule has 0 bridgehead atoms. The number of carbonyl (C=O) groups excluding carboxylic acids is 1. The Morgan fingerprint density at radius 2 is 2.53 bits per heavy atom. The van der Waals surface area contributed by atoms with Crippen LogP contribution in [-0.2, 0) is 4.79 Å². The van der Waals surface area contributed by atoms with Crippen molar-refractivity contribution in [2.75, 3.05) is 18.4 Å². The first-order valence-electron chi connectivity index (χ1n) is 5.01.